The lowest BCUT2D eigenvalue weighted by molar-refractivity contribution is 0.600. The zero-order chi connectivity index (χ0) is 11.0. The number of benzene rings is 1. The predicted molar refractivity (Wildman–Crippen MR) is 66.0 cm³/mol. The van der Waals surface area contributed by atoms with Crippen LogP contribution in [0.5, 0.6) is 0 Å². The van der Waals surface area contributed by atoms with Crippen molar-refractivity contribution < 1.29 is 0 Å². The lowest BCUT2D eigenvalue weighted by atomic mass is 9.98. The number of hydrogen-bond acceptors (Lipinski definition) is 2. The van der Waals surface area contributed by atoms with Gasteiger partial charge in [0.25, 0.3) is 0 Å². The van der Waals surface area contributed by atoms with E-state index in [4.69, 9.17) is 5.73 Å². The lowest BCUT2D eigenvalue weighted by Gasteiger charge is -2.13. The normalized spacial score (nSPS) is 17.6. The maximum atomic E-state index is 6.27. The first kappa shape index (κ1) is 9.79. The average molecular weight is 212 g/mol. The Morgan fingerprint density at radius 2 is 2.12 bits per heavy atom. The molecule has 0 bridgehead atoms. The first-order valence-corrected chi connectivity index (χ1v) is 5.94. The van der Waals surface area contributed by atoms with Gasteiger partial charge in [-0.25, -0.2) is 0 Å². The summed E-state index contributed by atoms with van der Waals surface area (Å²) in [5.74, 6) is 0.863. The summed E-state index contributed by atoms with van der Waals surface area (Å²) in [5.41, 5.74) is 8.57. The van der Waals surface area contributed by atoms with Gasteiger partial charge in [-0.05, 0) is 30.0 Å². The van der Waals surface area contributed by atoms with Crippen molar-refractivity contribution in [2.45, 2.75) is 25.3 Å². The third-order valence-corrected chi connectivity index (χ3v) is 3.36. The second-order valence-corrected chi connectivity index (χ2v) is 4.70. The van der Waals surface area contributed by atoms with Gasteiger partial charge in [-0.1, -0.05) is 31.0 Å². The first-order chi connectivity index (χ1) is 7.84. The van der Waals surface area contributed by atoms with Crippen LogP contribution < -0.4 is 5.73 Å². The van der Waals surface area contributed by atoms with Gasteiger partial charge in [-0.15, -0.1) is 0 Å². The van der Waals surface area contributed by atoms with Crippen molar-refractivity contribution in [1.29, 1.82) is 0 Å². The predicted octanol–water partition coefficient (Wildman–Crippen LogP) is 3.03. The molecule has 0 saturated heterocycles. The SMILES string of the molecule is NC(CC1CC1)c1cccc2ncccc12. The van der Waals surface area contributed by atoms with Gasteiger partial charge in [0.05, 0.1) is 5.52 Å². The van der Waals surface area contributed by atoms with Crippen LogP contribution in [0.15, 0.2) is 36.5 Å². The molecule has 2 aromatic rings. The fourth-order valence-corrected chi connectivity index (χ4v) is 2.29. The molecule has 2 heteroatoms. The molecule has 1 heterocycles. The van der Waals surface area contributed by atoms with E-state index in [-0.39, 0.29) is 6.04 Å². The zero-order valence-corrected chi connectivity index (χ0v) is 9.26. The van der Waals surface area contributed by atoms with Gasteiger partial charge in [0.2, 0.25) is 0 Å². The van der Waals surface area contributed by atoms with Crippen molar-refractivity contribution >= 4 is 10.9 Å². The molecule has 2 N–H and O–H groups in total. The molecule has 0 aliphatic heterocycles. The largest absolute Gasteiger partial charge is 0.324 e. The van der Waals surface area contributed by atoms with E-state index in [0.717, 1.165) is 17.9 Å². The smallest absolute Gasteiger partial charge is 0.0705 e. The quantitative estimate of drug-likeness (QED) is 0.849. The Balaban J connectivity index is 2.00. The van der Waals surface area contributed by atoms with Crippen molar-refractivity contribution in [3.63, 3.8) is 0 Å². The van der Waals surface area contributed by atoms with Crippen LogP contribution >= 0.6 is 0 Å². The molecule has 1 unspecified atom stereocenters. The molecule has 1 aromatic heterocycles. The molecule has 1 aromatic carbocycles. The van der Waals surface area contributed by atoms with Crippen LogP contribution in [0.2, 0.25) is 0 Å². The number of nitrogens with two attached hydrogens (primary N) is 1. The van der Waals surface area contributed by atoms with Gasteiger partial charge in [0, 0.05) is 17.6 Å². The van der Waals surface area contributed by atoms with E-state index in [1.54, 1.807) is 0 Å². The van der Waals surface area contributed by atoms with Crippen LogP contribution in [0.4, 0.5) is 0 Å². The minimum Gasteiger partial charge on any atom is -0.324 e. The summed E-state index contributed by atoms with van der Waals surface area (Å²) in [6.45, 7) is 0. The summed E-state index contributed by atoms with van der Waals surface area (Å²) in [5, 5.41) is 1.21. The van der Waals surface area contributed by atoms with Gasteiger partial charge in [0.15, 0.2) is 0 Å². The third kappa shape index (κ3) is 1.81. The van der Waals surface area contributed by atoms with Gasteiger partial charge < -0.3 is 5.73 Å². The standard InChI is InChI=1S/C14H16N2/c15-13(9-10-6-7-10)11-3-1-5-14-12(11)4-2-8-16-14/h1-5,8,10,13H,6-7,9,15H2. The molecule has 0 radical (unpaired) electrons. The molecule has 1 fully saturated rings. The second kappa shape index (κ2) is 3.87. The maximum absolute atomic E-state index is 6.27. The van der Waals surface area contributed by atoms with E-state index in [1.807, 2.05) is 18.3 Å². The molecule has 0 spiro atoms. The van der Waals surface area contributed by atoms with Gasteiger partial charge in [-0.3, -0.25) is 4.98 Å². The lowest BCUT2D eigenvalue weighted by Crippen LogP contribution is -2.11. The van der Waals surface area contributed by atoms with Crippen molar-refractivity contribution in [3.05, 3.63) is 42.1 Å². The molecule has 3 rings (SSSR count). The number of rotatable bonds is 3. The van der Waals surface area contributed by atoms with E-state index in [0.29, 0.717) is 0 Å². The number of aromatic nitrogens is 1. The highest BCUT2D eigenvalue weighted by Gasteiger charge is 2.25. The van der Waals surface area contributed by atoms with Crippen LogP contribution in [-0.2, 0) is 0 Å². The Hall–Kier alpha value is -1.41. The summed E-state index contributed by atoms with van der Waals surface area (Å²) in [6, 6.07) is 10.5. The topological polar surface area (TPSA) is 38.9 Å². The highest BCUT2D eigenvalue weighted by molar-refractivity contribution is 5.82. The van der Waals surface area contributed by atoms with Crippen LogP contribution in [0, 0.1) is 5.92 Å². The molecular weight excluding hydrogens is 196 g/mol. The van der Waals surface area contributed by atoms with Crippen molar-refractivity contribution in [2.75, 3.05) is 0 Å². The Morgan fingerprint density at radius 1 is 1.25 bits per heavy atom. The van der Waals surface area contributed by atoms with Crippen molar-refractivity contribution in [1.82, 2.24) is 4.98 Å². The first-order valence-electron chi connectivity index (χ1n) is 5.94. The van der Waals surface area contributed by atoms with Gasteiger partial charge in [-0.2, -0.15) is 0 Å². The van der Waals surface area contributed by atoms with Gasteiger partial charge in [0.1, 0.15) is 0 Å². The second-order valence-electron chi connectivity index (χ2n) is 4.70. The van der Waals surface area contributed by atoms with E-state index >= 15 is 0 Å². The summed E-state index contributed by atoms with van der Waals surface area (Å²) < 4.78 is 0. The average Bonchev–Trinajstić information content (AvgIpc) is 3.12. The molecule has 1 aliphatic carbocycles. The van der Waals surface area contributed by atoms with Crippen LogP contribution in [0.25, 0.3) is 10.9 Å². The Morgan fingerprint density at radius 3 is 2.94 bits per heavy atom. The molecule has 82 valence electrons. The Kier molecular flexibility index (Phi) is 2.37. The summed E-state index contributed by atoms with van der Waals surface area (Å²) >= 11 is 0. The zero-order valence-electron chi connectivity index (χ0n) is 9.26. The molecule has 16 heavy (non-hydrogen) atoms. The molecule has 1 aliphatic rings. The van der Waals surface area contributed by atoms with Crippen LogP contribution in [0.3, 0.4) is 0 Å². The van der Waals surface area contributed by atoms with Crippen LogP contribution in [0.1, 0.15) is 30.9 Å². The molecular formula is C14H16N2. The minimum absolute atomic E-state index is 0.167. The van der Waals surface area contributed by atoms with Gasteiger partial charge >= 0.3 is 0 Å². The minimum atomic E-state index is 0.167. The third-order valence-electron chi connectivity index (χ3n) is 3.36. The molecule has 0 amide bonds. The van der Waals surface area contributed by atoms with Crippen molar-refractivity contribution in [2.24, 2.45) is 11.7 Å². The number of pyridine rings is 1. The highest BCUT2D eigenvalue weighted by atomic mass is 14.7. The fourth-order valence-electron chi connectivity index (χ4n) is 2.29. The van der Waals surface area contributed by atoms with Crippen molar-refractivity contribution in [3.8, 4) is 0 Å². The molecule has 1 atom stereocenters. The fraction of sp³-hybridized carbons (Fsp3) is 0.357. The summed E-state index contributed by atoms with van der Waals surface area (Å²) in [4.78, 5) is 4.36. The molecule has 1 saturated carbocycles. The number of fused-ring (bicyclic) bond motifs is 1. The van der Waals surface area contributed by atoms with E-state index in [1.165, 1.54) is 23.8 Å². The summed E-state index contributed by atoms with van der Waals surface area (Å²) in [7, 11) is 0. The van der Waals surface area contributed by atoms with Crippen LogP contribution in [-0.4, -0.2) is 4.98 Å². The highest BCUT2D eigenvalue weighted by Crippen LogP contribution is 2.37. The molecule has 2 nitrogen and oxygen atoms in total. The van der Waals surface area contributed by atoms with E-state index in [9.17, 15) is 0 Å². The maximum Gasteiger partial charge on any atom is 0.0705 e. The van der Waals surface area contributed by atoms with E-state index in [2.05, 4.69) is 23.2 Å². The number of hydrogen-bond donors (Lipinski definition) is 1. The Bertz CT molecular complexity index is 498. The van der Waals surface area contributed by atoms with E-state index < -0.39 is 0 Å². The Labute approximate surface area is 95.5 Å². The summed E-state index contributed by atoms with van der Waals surface area (Å²) in [6.07, 6.45) is 5.67. The number of nitrogens with zero attached hydrogens (tertiary/aromatic N) is 1. The monoisotopic (exact) mass is 212 g/mol.